The zero-order valence-corrected chi connectivity index (χ0v) is 11.5. The van der Waals surface area contributed by atoms with Crippen LogP contribution in [0, 0.1) is 0 Å². The predicted molar refractivity (Wildman–Crippen MR) is 72.0 cm³/mol. The van der Waals surface area contributed by atoms with Crippen molar-refractivity contribution in [3.05, 3.63) is 34.3 Å². The first kappa shape index (κ1) is 11.7. The molecule has 0 bridgehead atoms. The summed E-state index contributed by atoms with van der Waals surface area (Å²) in [7, 11) is 0. The van der Waals surface area contributed by atoms with E-state index in [1.807, 2.05) is 0 Å². The van der Waals surface area contributed by atoms with Gasteiger partial charge >= 0.3 is 0 Å². The fourth-order valence-electron chi connectivity index (χ4n) is 3.04. The van der Waals surface area contributed by atoms with Gasteiger partial charge in [0.15, 0.2) is 0 Å². The highest BCUT2D eigenvalue weighted by atomic mass is 79.9. The van der Waals surface area contributed by atoms with Gasteiger partial charge in [0.05, 0.1) is 11.7 Å². The maximum Gasteiger partial charge on any atom is 0.0968 e. The first-order chi connectivity index (χ1) is 8.29. The molecule has 17 heavy (non-hydrogen) atoms. The summed E-state index contributed by atoms with van der Waals surface area (Å²) >= 11 is 3.62. The van der Waals surface area contributed by atoms with Crippen LogP contribution in [-0.2, 0) is 4.74 Å². The van der Waals surface area contributed by atoms with Crippen molar-refractivity contribution >= 4 is 15.9 Å². The van der Waals surface area contributed by atoms with E-state index in [-0.39, 0.29) is 11.7 Å². The molecule has 1 aliphatic carbocycles. The average Bonchev–Trinajstić information content (AvgIpc) is 2.78. The van der Waals surface area contributed by atoms with Crippen molar-refractivity contribution in [1.29, 1.82) is 0 Å². The molecule has 1 heterocycles. The SMILES string of the molecule is Brc1ccccc1C1CNCC2(CCCC2)O1. The minimum Gasteiger partial charge on any atom is -0.364 e. The van der Waals surface area contributed by atoms with Crippen LogP contribution in [0.5, 0.6) is 0 Å². The van der Waals surface area contributed by atoms with Crippen LogP contribution in [0.4, 0.5) is 0 Å². The van der Waals surface area contributed by atoms with Gasteiger partial charge in [0, 0.05) is 17.6 Å². The summed E-state index contributed by atoms with van der Waals surface area (Å²) in [5.74, 6) is 0. The van der Waals surface area contributed by atoms with Crippen LogP contribution in [0.1, 0.15) is 37.4 Å². The van der Waals surface area contributed by atoms with Crippen LogP contribution < -0.4 is 5.32 Å². The van der Waals surface area contributed by atoms with E-state index in [0.717, 1.165) is 17.6 Å². The van der Waals surface area contributed by atoms with Crippen LogP contribution >= 0.6 is 15.9 Å². The fourth-order valence-corrected chi connectivity index (χ4v) is 3.58. The number of nitrogens with one attached hydrogen (secondary N) is 1. The minimum absolute atomic E-state index is 0.109. The summed E-state index contributed by atoms with van der Waals surface area (Å²) in [5.41, 5.74) is 1.38. The van der Waals surface area contributed by atoms with Gasteiger partial charge in [-0.15, -0.1) is 0 Å². The first-order valence-electron chi connectivity index (χ1n) is 6.42. The van der Waals surface area contributed by atoms with Gasteiger partial charge < -0.3 is 10.1 Å². The van der Waals surface area contributed by atoms with Gasteiger partial charge in [-0.05, 0) is 24.5 Å². The maximum atomic E-state index is 6.41. The van der Waals surface area contributed by atoms with Crippen LogP contribution in [0.2, 0.25) is 0 Å². The van der Waals surface area contributed by atoms with Crippen molar-refractivity contribution in [3.8, 4) is 0 Å². The van der Waals surface area contributed by atoms with Gasteiger partial charge in [-0.3, -0.25) is 0 Å². The predicted octanol–water partition coefficient (Wildman–Crippen LogP) is 3.42. The van der Waals surface area contributed by atoms with E-state index in [1.165, 1.54) is 31.2 Å². The second-order valence-electron chi connectivity index (χ2n) is 5.15. The van der Waals surface area contributed by atoms with Gasteiger partial charge in [-0.2, -0.15) is 0 Å². The molecule has 3 rings (SSSR count). The van der Waals surface area contributed by atoms with Crippen molar-refractivity contribution in [2.45, 2.75) is 37.4 Å². The Balaban J connectivity index is 1.82. The molecule has 1 unspecified atom stereocenters. The third kappa shape index (κ3) is 2.28. The van der Waals surface area contributed by atoms with E-state index in [9.17, 15) is 0 Å². The third-order valence-electron chi connectivity index (χ3n) is 3.94. The molecule has 1 saturated carbocycles. The summed E-state index contributed by atoms with van der Waals surface area (Å²) in [5, 5.41) is 3.55. The largest absolute Gasteiger partial charge is 0.364 e. The summed E-state index contributed by atoms with van der Waals surface area (Å²) in [4.78, 5) is 0. The standard InChI is InChI=1S/C14H18BrNO/c15-12-6-2-1-5-11(12)13-9-16-10-14(17-13)7-3-4-8-14/h1-2,5-6,13,16H,3-4,7-10H2. The molecule has 92 valence electrons. The molecule has 2 fully saturated rings. The lowest BCUT2D eigenvalue weighted by atomic mass is 9.97. The molecule has 2 aliphatic rings. The number of morpholine rings is 1. The monoisotopic (exact) mass is 295 g/mol. The first-order valence-corrected chi connectivity index (χ1v) is 7.21. The Labute approximate surface area is 111 Å². The van der Waals surface area contributed by atoms with Gasteiger partial charge in [0.1, 0.15) is 0 Å². The van der Waals surface area contributed by atoms with E-state index in [4.69, 9.17) is 4.74 Å². The molecule has 0 radical (unpaired) electrons. The molecule has 1 atom stereocenters. The average molecular weight is 296 g/mol. The Morgan fingerprint density at radius 1 is 1.24 bits per heavy atom. The molecule has 1 aliphatic heterocycles. The van der Waals surface area contributed by atoms with E-state index in [1.54, 1.807) is 0 Å². The van der Waals surface area contributed by atoms with Gasteiger partial charge in [0.2, 0.25) is 0 Å². The number of hydrogen-bond acceptors (Lipinski definition) is 2. The zero-order valence-electron chi connectivity index (χ0n) is 9.92. The lowest BCUT2D eigenvalue weighted by Gasteiger charge is -2.39. The third-order valence-corrected chi connectivity index (χ3v) is 4.66. The van der Waals surface area contributed by atoms with Crippen molar-refractivity contribution in [1.82, 2.24) is 5.32 Å². The molecule has 1 saturated heterocycles. The number of hydrogen-bond donors (Lipinski definition) is 1. The molecular formula is C14H18BrNO. The Morgan fingerprint density at radius 3 is 2.76 bits per heavy atom. The molecule has 1 N–H and O–H groups in total. The van der Waals surface area contributed by atoms with Crippen molar-refractivity contribution < 1.29 is 4.74 Å². The van der Waals surface area contributed by atoms with E-state index in [0.29, 0.717) is 0 Å². The van der Waals surface area contributed by atoms with Crippen molar-refractivity contribution in [3.63, 3.8) is 0 Å². The summed E-state index contributed by atoms with van der Waals surface area (Å²) in [6.07, 6.45) is 5.23. The summed E-state index contributed by atoms with van der Waals surface area (Å²) < 4.78 is 7.56. The highest BCUT2D eigenvalue weighted by molar-refractivity contribution is 9.10. The topological polar surface area (TPSA) is 21.3 Å². The van der Waals surface area contributed by atoms with E-state index in [2.05, 4.69) is 45.5 Å². The number of benzene rings is 1. The number of halogens is 1. The van der Waals surface area contributed by atoms with Crippen LogP contribution in [0.3, 0.4) is 0 Å². The molecule has 0 aromatic heterocycles. The smallest absolute Gasteiger partial charge is 0.0968 e. The Bertz CT molecular complexity index is 401. The molecular weight excluding hydrogens is 278 g/mol. The molecule has 1 spiro atoms. The molecule has 3 heteroatoms. The Hall–Kier alpha value is -0.380. The lowest BCUT2D eigenvalue weighted by molar-refractivity contribution is -0.114. The molecule has 2 nitrogen and oxygen atoms in total. The number of ether oxygens (including phenoxy) is 1. The van der Waals surface area contributed by atoms with Crippen molar-refractivity contribution in [2.75, 3.05) is 13.1 Å². The molecule has 1 aromatic carbocycles. The van der Waals surface area contributed by atoms with E-state index >= 15 is 0 Å². The highest BCUT2D eigenvalue weighted by Gasteiger charge is 2.40. The van der Waals surface area contributed by atoms with Gasteiger partial charge in [-0.1, -0.05) is 47.0 Å². The second kappa shape index (κ2) is 4.71. The van der Waals surface area contributed by atoms with Crippen LogP contribution in [-0.4, -0.2) is 18.7 Å². The Kier molecular flexibility index (Phi) is 3.24. The number of rotatable bonds is 1. The van der Waals surface area contributed by atoms with Crippen molar-refractivity contribution in [2.24, 2.45) is 0 Å². The Morgan fingerprint density at radius 2 is 2.00 bits per heavy atom. The van der Waals surface area contributed by atoms with E-state index < -0.39 is 0 Å². The summed E-state index contributed by atoms with van der Waals surface area (Å²) in [6, 6.07) is 8.38. The molecule has 1 aromatic rings. The van der Waals surface area contributed by atoms with Gasteiger partial charge in [-0.25, -0.2) is 0 Å². The molecule has 0 amide bonds. The van der Waals surface area contributed by atoms with Gasteiger partial charge in [0.25, 0.3) is 0 Å². The highest BCUT2D eigenvalue weighted by Crippen LogP contribution is 2.40. The lowest BCUT2D eigenvalue weighted by Crippen LogP contribution is -2.49. The second-order valence-corrected chi connectivity index (χ2v) is 6.00. The summed E-state index contributed by atoms with van der Waals surface area (Å²) in [6.45, 7) is 1.94. The minimum atomic E-state index is 0.109. The maximum absolute atomic E-state index is 6.41. The zero-order chi connectivity index (χ0) is 11.7. The van der Waals surface area contributed by atoms with Crippen LogP contribution in [0.15, 0.2) is 28.7 Å². The quantitative estimate of drug-likeness (QED) is 0.857. The van der Waals surface area contributed by atoms with Crippen LogP contribution in [0.25, 0.3) is 0 Å². The fraction of sp³-hybridized carbons (Fsp3) is 0.571. The normalized spacial score (nSPS) is 27.5.